The molecule has 0 aliphatic heterocycles. The van der Waals surface area contributed by atoms with Crippen LogP contribution in [0.25, 0.3) is 0 Å². The summed E-state index contributed by atoms with van der Waals surface area (Å²) < 4.78 is 5.70. The van der Waals surface area contributed by atoms with Crippen LogP contribution in [0.2, 0.25) is 0 Å². The van der Waals surface area contributed by atoms with E-state index in [1.807, 2.05) is 19.1 Å². The van der Waals surface area contributed by atoms with Gasteiger partial charge in [0.05, 0.1) is 0 Å². The lowest BCUT2D eigenvalue weighted by Crippen LogP contribution is -2.24. The molecule has 0 amide bonds. The molecule has 1 aliphatic carbocycles. The molecular formula is C16H23NO. The molecule has 0 saturated carbocycles. The van der Waals surface area contributed by atoms with Gasteiger partial charge in [-0.05, 0) is 56.0 Å². The van der Waals surface area contributed by atoms with E-state index in [0.29, 0.717) is 12.6 Å². The number of nitrogens with one attached hydrogen (secondary N) is 1. The fraction of sp³-hybridized carbons (Fsp3) is 0.500. The van der Waals surface area contributed by atoms with E-state index < -0.39 is 0 Å². The van der Waals surface area contributed by atoms with Crippen LogP contribution in [0.5, 0.6) is 5.75 Å². The summed E-state index contributed by atoms with van der Waals surface area (Å²) in [5, 5.41) is 3.56. The summed E-state index contributed by atoms with van der Waals surface area (Å²) in [5.74, 6) is 0.990. The molecule has 1 aromatic carbocycles. The molecule has 1 aliphatic rings. The van der Waals surface area contributed by atoms with Gasteiger partial charge in [0.1, 0.15) is 12.4 Å². The van der Waals surface area contributed by atoms with Crippen molar-refractivity contribution in [2.45, 2.75) is 39.2 Å². The van der Waals surface area contributed by atoms with Crippen molar-refractivity contribution >= 4 is 0 Å². The second kappa shape index (κ2) is 6.60. The van der Waals surface area contributed by atoms with Crippen LogP contribution in [-0.2, 0) is 6.42 Å². The van der Waals surface area contributed by atoms with Crippen LogP contribution in [0.3, 0.4) is 0 Å². The van der Waals surface area contributed by atoms with Crippen molar-refractivity contribution < 1.29 is 4.74 Å². The van der Waals surface area contributed by atoms with Crippen molar-refractivity contribution in [3.63, 3.8) is 0 Å². The summed E-state index contributed by atoms with van der Waals surface area (Å²) in [7, 11) is 0. The molecule has 0 heterocycles. The first-order valence-corrected chi connectivity index (χ1v) is 6.95. The standard InChI is InChI=1S/C16H23NO/c1-3-5-11-18-14-9-10-15-13(12-14)7-6-8-16(15)17-4-2/h3,5,9-10,12,16-17H,4,6-8,11H2,1-2H3. The van der Waals surface area contributed by atoms with Gasteiger partial charge in [0, 0.05) is 6.04 Å². The lowest BCUT2D eigenvalue weighted by molar-refractivity contribution is 0.361. The van der Waals surface area contributed by atoms with Crippen molar-refractivity contribution in [3.8, 4) is 5.75 Å². The minimum Gasteiger partial charge on any atom is -0.490 e. The van der Waals surface area contributed by atoms with Gasteiger partial charge in [-0.3, -0.25) is 0 Å². The first kappa shape index (κ1) is 13.2. The fourth-order valence-electron chi connectivity index (χ4n) is 2.58. The Morgan fingerprint density at radius 2 is 2.33 bits per heavy atom. The first-order valence-electron chi connectivity index (χ1n) is 6.95. The van der Waals surface area contributed by atoms with Gasteiger partial charge in [-0.15, -0.1) is 0 Å². The summed E-state index contributed by atoms with van der Waals surface area (Å²) in [4.78, 5) is 0. The SMILES string of the molecule is CC=CCOc1ccc2c(c1)CCCC2NCC. The fourth-order valence-corrected chi connectivity index (χ4v) is 2.58. The van der Waals surface area contributed by atoms with Crippen molar-refractivity contribution in [2.75, 3.05) is 13.2 Å². The quantitative estimate of drug-likeness (QED) is 0.800. The molecule has 1 atom stereocenters. The predicted molar refractivity (Wildman–Crippen MR) is 76.1 cm³/mol. The van der Waals surface area contributed by atoms with Crippen LogP contribution < -0.4 is 10.1 Å². The Labute approximate surface area is 110 Å². The second-order valence-corrected chi connectivity index (χ2v) is 4.74. The number of fused-ring (bicyclic) bond motifs is 1. The average Bonchev–Trinajstić information content (AvgIpc) is 2.39. The van der Waals surface area contributed by atoms with E-state index in [1.54, 1.807) is 0 Å². The number of aryl methyl sites for hydroxylation is 1. The molecule has 18 heavy (non-hydrogen) atoms. The summed E-state index contributed by atoms with van der Waals surface area (Å²) in [6.07, 6.45) is 7.74. The number of allylic oxidation sites excluding steroid dienone is 1. The zero-order valence-corrected chi connectivity index (χ0v) is 11.4. The van der Waals surface area contributed by atoms with Gasteiger partial charge >= 0.3 is 0 Å². The lowest BCUT2D eigenvalue weighted by atomic mass is 9.87. The van der Waals surface area contributed by atoms with Gasteiger partial charge < -0.3 is 10.1 Å². The molecule has 0 aromatic heterocycles. The van der Waals surface area contributed by atoms with E-state index in [1.165, 1.54) is 30.4 Å². The monoisotopic (exact) mass is 245 g/mol. The molecule has 0 fully saturated rings. The number of ether oxygens (including phenoxy) is 1. The highest BCUT2D eigenvalue weighted by Gasteiger charge is 2.19. The summed E-state index contributed by atoms with van der Waals surface area (Å²) >= 11 is 0. The summed E-state index contributed by atoms with van der Waals surface area (Å²) in [6.45, 7) is 5.87. The molecule has 1 N–H and O–H groups in total. The topological polar surface area (TPSA) is 21.3 Å². The van der Waals surface area contributed by atoms with E-state index in [0.717, 1.165) is 12.3 Å². The summed E-state index contributed by atoms with van der Waals surface area (Å²) in [6, 6.07) is 7.07. The molecule has 0 saturated heterocycles. The van der Waals surface area contributed by atoms with E-state index >= 15 is 0 Å². The zero-order chi connectivity index (χ0) is 12.8. The van der Waals surface area contributed by atoms with Gasteiger partial charge in [-0.2, -0.15) is 0 Å². The van der Waals surface area contributed by atoms with Crippen LogP contribution >= 0.6 is 0 Å². The van der Waals surface area contributed by atoms with Crippen LogP contribution in [0.4, 0.5) is 0 Å². The Hall–Kier alpha value is -1.28. The van der Waals surface area contributed by atoms with Crippen molar-refractivity contribution in [1.82, 2.24) is 5.32 Å². The van der Waals surface area contributed by atoms with Gasteiger partial charge in [-0.25, -0.2) is 0 Å². The van der Waals surface area contributed by atoms with Crippen LogP contribution in [0.1, 0.15) is 43.9 Å². The van der Waals surface area contributed by atoms with Crippen LogP contribution in [0.15, 0.2) is 30.4 Å². The number of hydrogen-bond acceptors (Lipinski definition) is 2. The Balaban J connectivity index is 2.11. The normalized spacial score (nSPS) is 18.9. The minimum atomic E-state index is 0.531. The van der Waals surface area contributed by atoms with Gasteiger partial charge in [-0.1, -0.05) is 25.1 Å². The maximum absolute atomic E-state index is 5.70. The third-order valence-corrected chi connectivity index (χ3v) is 3.46. The third kappa shape index (κ3) is 3.14. The van der Waals surface area contributed by atoms with E-state index in [-0.39, 0.29) is 0 Å². The molecule has 2 nitrogen and oxygen atoms in total. The predicted octanol–water partition coefficient (Wildman–Crippen LogP) is 3.63. The number of rotatable bonds is 5. The largest absolute Gasteiger partial charge is 0.490 e. The molecule has 1 aromatic rings. The Kier molecular flexibility index (Phi) is 4.82. The molecule has 0 bridgehead atoms. The van der Waals surface area contributed by atoms with E-state index in [9.17, 15) is 0 Å². The highest BCUT2D eigenvalue weighted by molar-refractivity contribution is 5.39. The number of benzene rings is 1. The highest BCUT2D eigenvalue weighted by Crippen LogP contribution is 2.32. The second-order valence-electron chi connectivity index (χ2n) is 4.74. The average molecular weight is 245 g/mol. The lowest BCUT2D eigenvalue weighted by Gasteiger charge is -2.26. The maximum Gasteiger partial charge on any atom is 0.120 e. The van der Waals surface area contributed by atoms with Crippen molar-refractivity contribution in [3.05, 3.63) is 41.5 Å². The molecule has 98 valence electrons. The Morgan fingerprint density at radius 3 is 3.11 bits per heavy atom. The molecule has 0 radical (unpaired) electrons. The highest BCUT2D eigenvalue weighted by atomic mass is 16.5. The Morgan fingerprint density at radius 1 is 1.44 bits per heavy atom. The maximum atomic E-state index is 5.70. The number of hydrogen-bond donors (Lipinski definition) is 1. The van der Waals surface area contributed by atoms with Gasteiger partial charge in [0.2, 0.25) is 0 Å². The van der Waals surface area contributed by atoms with Crippen LogP contribution in [0, 0.1) is 0 Å². The molecular weight excluding hydrogens is 222 g/mol. The first-order chi connectivity index (χ1) is 8.85. The molecule has 1 unspecified atom stereocenters. The van der Waals surface area contributed by atoms with Crippen molar-refractivity contribution in [1.29, 1.82) is 0 Å². The minimum absolute atomic E-state index is 0.531. The third-order valence-electron chi connectivity index (χ3n) is 3.46. The summed E-state index contributed by atoms with van der Waals surface area (Å²) in [5.41, 5.74) is 2.91. The van der Waals surface area contributed by atoms with Gasteiger partial charge in [0.15, 0.2) is 0 Å². The van der Waals surface area contributed by atoms with E-state index in [2.05, 4.69) is 30.4 Å². The van der Waals surface area contributed by atoms with Gasteiger partial charge in [0.25, 0.3) is 0 Å². The Bertz CT molecular complexity index is 412. The zero-order valence-electron chi connectivity index (χ0n) is 11.4. The molecule has 2 rings (SSSR count). The molecule has 0 spiro atoms. The molecule has 2 heteroatoms. The van der Waals surface area contributed by atoms with Crippen LogP contribution in [-0.4, -0.2) is 13.2 Å². The van der Waals surface area contributed by atoms with Crippen molar-refractivity contribution in [2.24, 2.45) is 0 Å². The van der Waals surface area contributed by atoms with E-state index in [4.69, 9.17) is 4.74 Å². The smallest absolute Gasteiger partial charge is 0.120 e.